The first-order valence-electron chi connectivity index (χ1n) is 9.04. The van der Waals surface area contributed by atoms with Crippen molar-refractivity contribution >= 4 is 12.0 Å². The van der Waals surface area contributed by atoms with Crippen LogP contribution in [-0.4, -0.2) is 43.1 Å². The van der Waals surface area contributed by atoms with Crippen molar-refractivity contribution in [3.63, 3.8) is 0 Å². The lowest BCUT2D eigenvalue weighted by Crippen LogP contribution is -2.45. The van der Waals surface area contributed by atoms with E-state index in [0.717, 1.165) is 6.42 Å². The van der Waals surface area contributed by atoms with E-state index in [1.165, 1.54) is 22.3 Å². The van der Waals surface area contributed by atoms with Crippen molar-refractivity contribution in [2.24, 2.45) is 0 Å². The number of likely N-dealkylation sites (N-methyl/N-ethyl adjacent to an activating group) is 1. The Morgan fingerprint density at radius 2 is 1.69 bits per heavy atom. The van der Waals surface area contributed by atoms with Crippen LogP contribution >= 0.6 is 0 Å². The molecule has 0 bridgehead atoms. The van der Waals surface area contributed by atoms with Crippen molar-refractivity contribution in [1.29, 1.82) is 0 Å². The molecule has 2 aliphatic rings. The number of hydrogen-bond acceptors (Lipinski definition) is 3. The van der Waals surface area contributed by atoms with E-state index < -0.39 is 12.1 Å². The van der Waals surface area contributed by atoms with E-state index in [2.05, 4.69) is 29.6 Å². The molecule has 1 saturated heterocycles. The summed E-state index contributed by atoms with van der Waals surface area (Å²) in [6.07, 6.45) is 1.10. The molecule has 5 nitrogen and oxygen atoms in total. The summed E-state index contributed by atoms with van der Waals surface area (Å²) in [5.41, 5.74) is 4.78. The Hall–Kier alpha value is -2.82. The fraction of sp³-hybridized carbons (Fsp3) is 0.333. The van der Waals surface area contributed by atoms with Crippen LogP contribution in [0, 0.1) is 0 Å². The summed E-state index contributed by atoms with van der Waals surface area (Å²) < 4.78 is 5.66. The standard InChI is InChI=1S/C21H22N2O3/c1-22-20(24)19-11-6-12-23(19)21(25)26-13-18-16-9-4-2-7-14(16)15-8-3-5-10-17(15)18/h2-5,7-10,18-19H,6,11-13H2,1H3,(H,22,24)/t19-/m0/s1. The third-order valence-electron chi connectivity index (χ3n) is 5.37. The lowest BCUT2D eigenvalue weighted by Gasteiger charge is -2.24. The zero-order valence-corrected chi connectivity index (χ0v) is 14.8. The average Bonchev–Trinajstić information content (AvgIpc) is 3.29. The molecule has 1 aliphatic carbocycles. The SMILES string of the molecule is CNC(=O)[C@@H]1CCCN1C(=O)OCC1c2ccccc2-c2ccccc21. The van der Waals surface area contributed by atoms with E-state index in [4.69, 9.17) is 4.74 Å². The molecule has 0 radical (unpaired) electrons. The van der Waals surface area contributed by atoms with Gasteiger partial charge in [0.05, 0.1) is 0 Å². The van der Waals surface area contributed by atoms with Gasteiger partial charge in [0.25, 0.3) is 0 Å². The maximum absolute atomic E-state index is 12.6. The summed E-state index contributed by atoms with van der Waals surface area (Å²) in [7, 11) is 1.59. The molecule has 1 N–H and O–H groups in total. The van der Waals surface area contributed by atoms with Crippen molar-refractivity contribution in [3.05, 3.63) is 59.7 Å². The van der Waals surface area contributed by atoms with E-state index >= 15 is 0 Å². The van der Waals surface area contributed by atoms with Gasteiger partial charge in [-0.15, -0.1) is 0 Å². The van der Waals surface area contributed by atoms with Crippen molar-refractivity contribution in [2.45, 2.75) is 24.8 Å². The van der Waals surface area contributed by atoms with Gasteiger partial charge in [-0.2, -0.15) is 0 Å². The summed E-state index contributed by atoms with van der Waals surface area (Å²) >= 11 is 0. The molecule has 2 aromatic rings. The van der Waals surface area contributed by atoms with Crippen LogP contribution in [0.15, 0.2) is 48.5 Å². The van der Waals surface area contributed by atoms with E-state index in [9.17, 15) is 9.59 Å². The molecular weight excluding hydrogens is 328 g/mol. The third-order valence-corrected chi connectivity index (χ3v) is 5.37. The number of fused-ring (bicyclic) bond motifs is 3. The number of amides is 2. The Bertz CT molecular complexity index is 803. The predicted molar refractivity (Wildman–Crippen MR) is 98.9 cm³/mol. The molecule has 1 aliphatic heterocycles. The van der Waals surface area contributed by atoms with Crippen molar-refractivity contribution in [3.8, 4) is 11.1 Å². The highest BCUT2D eigenvalue weighted by Gasteiger charge is 2.36. The van der Waals surface area contributed by atoms with Gasteiger partial charge >= 0.3 is 6.09 Å². The fourth-order valence-corrected chi connectivity index (χ4v) is 4.10. The zero-order valence-electron chi connectivity index (χ0n) is 14.8. The largest absolute Gasteiger partial charge is 0.448 e. The first kappa shape index (κ1) is 16.6. The van der Waals surface area contributed by atoms with Gasteiger partial charge in [-0.3, -0.25) is 9.69 Å². The van der Waals surface area contributed by atoms with Crippen LogP contribution in [-0.2, 0) is 9.53 Å². The molecule has 1 heterocycles. The number of nitrogens with zero attached hydrogens (tertiary/aromatic N) is 1. The van der Waals surface area contributed by atoms with E-state index in [1.807, 2.05) is 24.3 Å². The molecule has 0 unspecified atom stereocenters. The summed E-state index contributed by atoms with van der Waals surface area (Å²) in [4.78, 5) is 26.1. The minimum absolute atomic E-state index is 0.0346. The highest BCUT2D eigenvalue weighted by Crippen LogP contribution is 2.44. The van der Waals surface area contributed by atoms with E-state index in [0.29, 0.717) is 13.0 Å². The molecule has 0 aromatic heterocycles. The number of nitrogens with one attached hydrogen (secondary N) is 1. The maximum atomic E-state index is 12.6. The van der Waals surface area contributed by atoms with E-state index in [-0.39, 0.29) is 18.4 Å². The number of rotatable bonds is 3. The summed E-state index contributed by atoms with van der Waals surface area (Å²) in [6.45, 7) is 0.846. The van der Waals surface area contributed by atoms with E-state index in [1.54, 1.807) is 11.9 Å². The summed E-state index contributed by atoms with van der Waals surface area (Å²) in [5, 5.41) is 2.63. The quantitative estimate of drug-likeness (QED) is 0.925. The van der Waals surface area contributed by atoms with Crippen LogP contribution in [0.4, 0.5) is 4.79 Å². The smallest absolute Gasteiger partial charge is 0.410 e. The Balaban J connectivity index is 1.51. The number of hydrogen-bond donors (Lipinski definition) is 1. The lowest BCUT2D eigenvalue weighted by atomic mass is 9.98. The predicted octanol–water partition coefficient (Wildman–Crippen LogP) is 3.15. The fourth-order valence-electron chi connectivity index (χ4n) is 4.10. The summed E-state index contributed by atoms with van der Waals surface area (Å²) in [5.74, 6) is -0.0941. The van der Waals surface area contributed by atoms with Crippen LogP contribution in [0.5, 0.6) is 0 Å². The topological polar surface area (TPSA) is 58.6 Å². The van der Waals surface area contributed by atoms with Gasteiger partial charge in [-0.05, 0) is 35.1 Å². The first-order valence-corrected chi connectivity index (χ1v) is 9.04. The van der Waals surface area contributed by atoms with Crippen molar-refractivity contribution in [1.82, 2.24) is 10.2 Å². The number of carbonyl (C=O) groups excluding carboxylic acids is 2. The van der Waals surface area contributed by atoms with Crippen LogP contribution < -0.4 is 5.32 Å². The normalized spacial score (nSPS) is 18.3. The van der Waals surface area contributed by atoms with Gasteiger partial charge < -0.3 is 10.1 Å². The van der Waals surface area contributed by atoms with Crippen LogP contribution in [0.25, 0.3) is 11.1 Å². The van der Waals surface area contributed by atoms with Crippen molar-refractivity contribution in [2.75, 3.05) is 20.2 Å². The van der Waals surface area contributed by atoms with Gasteiger partial charge in [-0.1, -0.05) is 48.5 Å². The summed E-state index contributed by atoms with van der Waals surface area (Å²) in [6, 6.07) is 16.1. The molecule has 0 saturated carbocycles. The Morgan fingerprint density at radius 3 is 2.31 bits per heavy atom. The monoisotopic (exact) mass is 350 g/mol. The molecule has 2 aromatic carbocycles. The minimum atomic E-state index is -0.421. The number of carbonyl (C=O) groups is 2. The van der Waals surface area contributed by atoms with Crippen LogP contribution in [0.2, 0.25) is 0 Å². The second kappa shape index (κ2) is 6.83. The van der Waals surface area contributed by atoms with Crippen LogP contribution in [0.1, 0.15) is 29.9 Å². The maximum Gasteiger partial charge on any atom is 0.410 e. The molecule has 0 spiro atoms. The molecule has 1 fully saturated rings. The molecule has 26 heavy (non-hydrogen) atoms. The molecule has 1 atom stereocenters. The van der Waals surface area contributed by atoms with Gasteiger partial charge in [0.2, 0.25) is 5.91 Å². The average molecular weight is 350 g/mol. The highest BCUT2D eigenvalue weighted by molar-refractivity contribution is 5.86. The first-order chi connectivity index (χ1) is 12.7. The molecular formula is C21H22N2O3. The second-order valence-corrected chi connectivity index (χ2v) is 6.77. The number of ether oxygens (including phenoxy) is 1. The second-order valence-electron chi connectivity index (χ2n) is 6.77. The minimum Gasteiger partial charge on any atom is -0.448 e. The zero-order chi connectivity index (χ0) is 18.1. The van der Waals surface area contributed by atoms with Crippen LogP contribution in [0.3, 0.4) is 0 Å². The van der Waals surface area contributed by atoms with Gasteiger partial charge in [0.15, 0.2) is 0 Å². The molecule has 2 amide bonds. The van der Waals surface area contributed by atoms with Gasteiger partial charge in [0.1, 0.15) is 12.6 Å². The molecule has 5 heteroatoms. The third kappa shape index (κ3) is 2.73. The molecule has 134 valence electrons. The Labute approximate surface area is 153 Å². The Morgan fingerprint density at radius 1 is 1.08 bits per heavy atom. The Kier molecular flexibility index (Phi) is 4.37. The van der Waals surface area contributed by atoms with Gasteiger partial charge in [0, 0.05) is 19.5 Å². The van der Waals surface area contributed by atoms with Crippen molar-refractivity contribution < 1.29 is 14.3 Å². The highest BCUT2D eigenvalue weighted by atomic mass is 16.6. The lowest BCUT2D eigenvalue weighted by molar-refractivity contribution is -0.124. The van der Waals surface area contributed by atoms with Gasteiger partial charge in [-0.25, -0.2) is 4.79 Å². The number of likely N-dealkylation sites (tertiary alicyclic amines) is 1. The number of benzene rings is 2. The molecule has 4 rings (SSSR count).